The fraction of sp³-hybridized carbons (Fsp3) is 0.833. The van der Waals surface area contributed by atoms with E-state index in [1.165, 1.54) is 0 Å². The average molecular weight is 170 g/mol. The summed E-state index contributed by atoms with van der Waals surface area (Å²) in [4.78, 5) is 10.3. The highest BCUT2D eigenvalue weighted by molar-refractivity contribution is 5.74. The van der Waals surface area contributed by atoms with Gasteiger partial charge in [0.25, 0.3) is 0 Å². The van der Waals surface area contributed by atoms with Crippen molar-refractivity contribution in [2.24, 2.45) is 5.92 Å². The molecule has 2 atom stereocenters. The Kier molecular flexibility index (Phi) is 3.92. The molecule has 5 heteroatoms. The summed E-state index contributed by atoms with van der Waals surface area (Å²) in [7, 11) is 0.951. The molecule has 0 bridgehead atoms. The van der Waals surface area contributed by atoms with Gasteiger partial charge in [0.2, 0.25) is 12.6 Å². The number of alkyl halides is 3. The van der Waals surface area contributed by atoms with E-state index in [2.05, 4.69) is 4.74 Å². The van der Waals surface area contributed by atoms with Gasteiger partial charge in [-0.3, -0.25) is 0 Å². The molecule has 11 heavy (non-hydrogen) atoms. The summed E-state index contributed by atoms with van der Waals surface area (Å²) in [5.41, 5.74) is 0. The predicted molar refractivity (Wildman–Crippen MR) is 32.1 cm³/mol. The van der Waals surface area contributed by atoms with Crippen molar-refractivity contribution in [2.45, 2.75) is 19.5 Å². The Labute approximate surface area is 62.3 Å². The monoisotopic (exact) mass is 170 g/mol. The molecule has 0 spiro atoms. The molecule has 0 heterocycles. The van der Waals surface area contributed by atoms with Crippen LogP contribution in [0.2, 0.25) is 0 Å². The first kappa shape index (κ1) is 10.3. The number of hydrogen-bond acceptors (Lipinski definition) is 2. The van der Waals surface area contributed by atoms with Crippen LogP contribution < -0.4 is 0 Å². The number of hydrogen-bond donors (Lipinski definition) is 0. The maximum absolute atomic E-state index is 12.5. The minimum atomic E-state index is -2.84. The van der Waals surface area contributed by atoms with Crippen molar-refractivity contribution in [2.75, 3.05) is 7.11 Å². The lowest BCUT2D eigenvalue weighted by atomic mass is 10.1. The van der Waals surface area contributed by atoms with Crippen LogP contribution in [0.3, 0.4) is 0 Å². The quantitative estimate of drug-likeness (QED) is 0.598. The summed E-state index contributed by atoms with van der Waals surface area (Å²) in [5.74, 6) is -2.86. The van der Waals surface area contributed by atoms with Crippen molar-refractivity contribution in [3.05, 3.63) is 0 Å². The maximum atomic E-state index is 12.5. The topological polar surface area (TPSA) is 26.3 Å². The number of carbonyl (C=O) groups is 1. The summed E-state index contributed by atoms with van der Waals surface area (Å²) in [6.45, 7) is 0.951. The lowest BCUT2D eigenvalue weighted by Crippen LogP contribution is -2.29. The van der Waals surface area contributed by atoms with E-state index in [0.717, 1.165) is 14.0 Å². The molecule has 0 aromatic rings. The van der Waals surface area contributed by atoms with Gasteiger partial charge in [-0.2, -0.15) is 0 Å². The van der Waals surface area contributed by atoms with E-state index in [9.17, 15) is 18.0 Å². The highest BCUT2D eigenvalue weighted by Crippen LogP contribution is 2.17. The second-order valence-electron chi connectivity index (χ2n) is 2.12. The molecule has 0 saturated carbocycles. The van der Waals surface area contributed by atoms with Crippen LogP contribution in [0.4, 0.5) is 13.2 Å². The minimum absolute atomic E-state index is 0.951. The molecular formula is C6H9F3O2. The van der Waals surface area contributed by atoms with E-state index in [4.69, 9.17) is 0 Å². The number of carbonyl (C=O) groups excluding carboxylic acids is 1. The number of halogens is 3. The van der Waals surface area contributed by atoms with Crippen LogP contribution in [0.5, 0.6) is 0 Å². The molecule has 0 radical (unpaired) electrons. The zero-order valence-electron chi connectivity index (χ0n) is 6.18. The maximum Gasteiger partial charge on any atom is 0.340 e. The first-order chi connectivity index (χ1) is 5.00. The molecule has 66 valence electrons. The predicted octanol–water partition coefficient (Wildman–Crippen LogP) is 1.40. The zero-order chi connectivity index (χ0) is 9.02. The Morgan fingerprint density at radius 2 is 1.82 bits per heavy atom. The summed E-state index contributed by atoms with van der Waals surface area (Å²) < 4.78 is 39.9. The number of esters is 1. The standard InChI is InChI=1S/C6H9F3O2/c1-3(5(8)9)4(7)6(10)11-2/h3-5H,1-2H3. The van der Waals surface area contributed by atoms with Crippen molar-refractivity contribution < 1.29 is 22.7 Å². The van der Waals surface area contributed by atoms with Crippen molar-refractivity contribution in [3.8, 4) is 0 Å². The van der Waals surface area contributed by atoms with Crippen LogP contribution in [-0.2, 0) is 9.53 Å². The molecule has 0 aromatic heterocycles. The second kappa shape index (κ2) is 4.20. The van der Waals surface area contributed by atoms with E-state index >= 15 is 0 Å². The van der Waals surface area contributed by atoms with Gasteiger partial charge in [0.1, 0.15) is 0 Å². The number of methoxy groups -OCH3 is 1. The van der Waals surface area contributed by atoms with E-state index in [-0.39, 0.29) is 0 Å². The van der Waals surface area contributed by atoms with Crippen LogP contribution in [-0.4, -0.2) is 25.7 Å². The second-order valence-corrected chi connectivity index (χ2v) is 2.12. The van der Waals surface area contributed by atoms with Gasteiger partial charge in [0.05, 0.1) is 13.0 Å². The van der Waals surface area contributed by atoms with Gasteiger partial charge in [0, 0.05) is 0 Å². The molecule has 2 unspecified atom stereocenters. The first-order valence-electron chi connectivity index (χ1n) is 3.00. The molecule has 2 nitrogen and oxygen atoms in total. The molecule has 0 aromatic carbocycles. The molecule has 0 amide bonds. The number of ether oxygens (including phenoxy) is 1. The summed E-state index contributed by atoms with van der Waals surface area (Å²) in [6, 6.07) is 0. The van der Waals surface area contributed by atoms with Gasteiger partial charge >= 0.3 is 5.97 Å². The largest absolute Gasteiger partial charge is 0.467 e. The average Bonchev–Trinajstić information content (AvgIpc) is 2.00. The summed E-state index contributed by atoms with van der Waals surface area (Å²) >= 11 is 0. The van der Waals surface area contributed by atoms with Crippen molar-refractivity contribution in [1.29, 1.82) is 0 Å². The molecule has 0 saturated heterocycles. The Morgan fingerprint density at radius 3 is 2.09 bits per heavy atom. The minimum Gasteiger partial charge on any atom is -0.467 e. The highest BCUT2D eigenvalue weighted by Gasteiger charge is 2.31. The van der Waals surface area contributed by atoms with Gasteiger partial charge < -0.3 is 4.74 Å². The molecular weight excluding hydrogens is 161 g/mol. The Hall–Kier alpha value is -0.740. The lowest BCUT2D eigenvalue weighted by molar-refractivity contribution is -0.151. The number of rotatable bonds is 3. The highest BCUT2D eigenvalue weighted by atomic mass is 19.3. The third-order valence-corrected chi connectivity index (χ3v) is 1.29. The van der Waals surface area contributed by atoms with Crippen LogP contribution in [0.25, 0.3) is 0 Å². The molecule has 0 fully saturated rings. The SMILES string of the molecule is COC(=O)C(F)C(C)C(F)F. The van der Waals surface area contributed by atoms with Gasteiger partial charge in [-0.25, -0.2) is 18.0 Å². The molecule has 0 N–H and O–H groups in total. The normalized spacial score (nSPS) is 16.2. The third-order valence-electron chi connectivity index (χ3n) is 1.29. The van der Waals surface area contributed by atoms with Crippen LogP contribution in [0, 0.1) is 5.92 Å². The van der Waals surface area contributed by atoms with Crippen LogP contribution >= 0.6 is 0 Å². The van der Waals surface area contributed by atoms with Gasteiger partial charge in [-0.15, -0.1) is 0 Å². The van der Waals surface area contributed by atoms with Crippen molar-refractivity contribution in [1.82, 2.24) is 0 Å². The molecule has 0 rings (SSSR count). The first-order valence-corrected chi connectivity index (χ1v) is 3.00. The van der Waals surface area contributed by atoms with Crippen LogP contribution in [0.1, 0.15) is 6.92 Å². The van der Waals surface area contributed by atoms with Gasteiger partial charge in [-0.1, -0.05) is 6.92 Å². The third kappa shape index (κ3) is 2.78. The van der Waals surface area contributed by atoms with E-state index < -0.39 is 24.5 Å². The van der Waals surface area contributed by atoms with Crippen molar-refractivity contribution in [3.63, 3.8) is 0 Å². The molecule has 0 aliphatic heterocycles. The van der Waals surface area contributed by atoms with Crippen molar-refractivity contribution >= 4 is 5.97 Å². The van der Waals surface area contributed by atoms with E-state index in [1.54, 1.807) is 0 Å². The fourth-order valence-electron chi connectivity index (χ4n) is 0.455. The fourth-order valence-corrected chi connectivity index (χ4v) is 0.455. The Morgan fingerprint density at radius 1 is 1.36 bits per heavy atom. The van der Waals surface area contributed by atoms with E-state index in [0.29, 0.717) is 0 Å². The Balaban J connectivity index is 4.01. The summed E-state index contributed by atoms with van der Waals surface area (Å²) in [5, 5.41) is 0. The van der Waals surface area contributed by atoms with Gasteiger partial charge in [0.15, 0.2) is 0 Å². The smallest absolute Gasteiger partial charge is 0.340 e. The molecule has 0 aliphatic rings. The zero-order valence-corrected chi connectivity index (χ0v) is 6.18. The van der Waals surface area contributed by atoms with Crippen LogP contribution in [0.15, 0.2) is 0 Å². The molecule has 0 aliphatic carbocycles. The Bertz CT molecular complexity index is 138. The lowest BCUT2D eigenvalue weighted by Gasteiger charge is -2.12. The summed E-state index contributed by atoms with van der Waals surface area (Å²) in [6.07, 6.45) is -5.08. The van der Waals surface area contributed by atoms with E-state index in [1.807, 2.05) is 0 Å². The van der Waals surface area contributed by atoms with Gasteiger partial charge in [-0.05, 0) is 0 Å².